The van der Waals surface area contributed by atoms with E-state index < -0.39 is 8.60 Å². The van der Waals surface area contributed by atoms with Gasteiger partial charge in [-0.3, -0.25) is 4.52 Å². The predicted octanol–water partition coefficient (Wildman–Crippen LogP) is 15.1. The van der Waals surface area contributed by atoms with Gasteiger partial charge in [0.15, 0.2) is 0 Å². The van der Waals surface area contributed by atoms with E-state index >= 15 is 0 Å². The zero-order chi connectivity index (χ0) is 36.9. The summed E-state index contributed by atoms with van der Waals surface area (Å²) < 4.78 is 19.1. The van der Waals surface area contributed by atoms with Gasteiger partial charge < -0.3 is 9.05 Å². The number of hydrogen-bond donors (Lipinski definition) is 0. The summed E-state index contributed by atoms with van der Waals surface area (Å²) in [5, 5.41) is 0. The second kappa shape index (κ2) is 22.6. The average Bonchev–Trinajstić information content (AvgIpc) is 3.17. The third-order valence-electron chi connectivity index (χ3n) is 10.4. The molecule has 4 aromatic carbocycles. The Kier molecular flexibility index (Phi) is 18.0. The van der Waals surface area contributed by atoms with E-state index in [0.717, 1.165) is 24.3 Å². The van der Waals surface area contributed by atoms with Crippen molar-refractivity contribution in [3.63, 3.8) is 0 Å². The van der Waals surface area contributed by atoms with Crippen molar-refractivity contribution in [3.8, 4) is 11.5 Å². The van der Waals surface area contributed by atoms with Crippen LogP contribution in [0.1, 0.15) is 147 Å². The molecule has 0 radical (unpaired) electrons. The van der Waals surface area contributed by atoms with Crippen molar-refractivity contribution in [3.05, 3.63) is 144 Å². The zero-order valence-corrected chi connectivity index (χ0v) is 33.7. The Balaban J connectivity index is 1.25. The highest BCUT2D eigenvalue weighted by atomic mass is 31.2. The molecule has 0 aliphatic rings. The van der Waals surface area contributed by atoms with E-state index in [0.29, 0.717) is 6.61 Å². The summed E-state index contributed by atoms with van der Waals surface area (Å²) in [4.78, 5) is 0. The lowest BCUT2D eigenvalue weighted by atomic mass is 9.78. The predicted molar refractivity (Wildman–Crippen MR) is 224 cm³/mol. The van der Waals surface area contributed by atoms with Crippen molar-refractivity contribution in [1.29, 1.82) is 0 Å². The fourth-order valence-corrected chi connectivity index (χ4v) is 7.65. The average molecular weight is 721 g/mol. The molecule has 0 bridgehead atoms. The Bertz CT molecular complexity index is 1430. The number of hydrogen-bond acceptors (Lipinski definition) is 3. The molecular formula is C48H65O3P. The van der Waals surface area contributed by atoms with E-state index in [2.05, 4.69) is 132 Å². The Morgan fingerprint density at radius 3 is 1.23 bits per heavy atom. The molecule has 280 valence electrons. The van der Waals surface area contributed by atoms with Crippen molar-refractivity contribution in [2.45, 2.75) is 135 Å². The van der Waals surface area contributed by atoms with Crippen LogP contribution >= 0.6 is 8.60 Å². The van der Waals surface area contributed by atoms with Crippen molar-refractivity contribution in [2.24, 2.45) is 0 Å². The summed E-state index contributed by atoms with van der Waals surface area (Å²) in [6, 6.07) is 38.1. The first-order chi connectivity index (χ1) is 25.3. The molecule has 3 nitrogen and oxygen atoms in total. The van der Waals surface area contributed by atoms with Crippen molar-refractivity contribution in [2.75, 3.05) is 6.61 Å². The first kappa shape index (κ1) is 41.4. The van der Waals surface area contributed by atoms with Crippen molar-refractivity contribution < 1.29 is 13.6 Å². The first-order valence-corrected chi connectivity index (χ1v) is 21.2. The van der Waals surface area contributed by atoms with E-state index in [1.165, 1.54) is 99.3 Å². The van der Waals surface area contributed by atoms with E-state index in [-0.39, 0.29) is 10.8 Å². The second-order valence-electron chi connectivity index (χ2n) is 15.2. The molecule has 4 heteroatoms. The van der Waals surface area contributed by atoms with Crippen LogP contribution in [0.3, 0.4) is 0 Å². The lowest BCUT2D eigenvalue weighted by molar-refractivity contribution is 0.258. The maximum Gasteiger partial charge on any atom is 0.463 e. The van der Waals surface area contributed by atoms with Crippen LogP contribution in [0.4, 0.5) is 0 Å². The number of unbranched alkanes of at least 4 members (excludes halogenated alkanes) is 12. The Labute approximate surface area is 318 Å². The summed E-state index contributed by atoms with van der Waals surface area (Å²) in [6.07, 6.45) is 22.8. The summed E-state index contributed by atoms with van der Waals surface area (Å²) in [5.41, 5.74) is 4.81. The molecule has 0 aromatic heterocycles. The molecule has 4 rings (SSSR count). The maximum absolute atomic E-state index is 6.40. The fourth-order valence-electron chi connectivity index (χ4n) is 6.64. The minimum Gasteiger partial charge on any atom is -0.418 e. The maximum atomic E-state index is 6.40. The zero-order valence-electron chi connectivity index (χ0n) is 32.8. The van der Waals surface area contributed by atoms with E-state index in [1.807, 2.05) is 24.3 Å². The molecule has 52 heavy (non-hydrogen) atoms. The van der Waals surface area contributed by atoms with Gasteiger partial charge in [-0.15, -0.1) is 0 Å². The highest BCUT2D eigenvalue weighted by molar-refractivity contribution is 7.42. The van der Waals surface area contributed by atoms with E-state index in [9.17, 15) is 0 Å². The van der Waals surface area contributed by atoms with Crippen molar-refractivity contribution >= 4 is 8.60 Å². The third-order valence-corrected chi connectivity index (χ3v) is 11.5. The largest absolute Gasteiger partial charge is 0.463 e. The number of benzene rings is 4. The molecule has 0 unspecified atom stereocenters. The number of allylic oxidation sites excluding steroid dienone is 2. The second-order valence-corrected chi connectivity index (χ2v) is 16.3. The Morgan fingerprint density at radius 2 is 0.808 bits per heavy atom. The van der Waals surface area contributed by atoms with Crippen LogP contribution in [0.2, 0.25) is 0 Å². The van der Waals surface area contributed by atoms with Gasteiger partial charge in [-0.1, -0.05) is 189 Å². The topological polar surface area (TPSA) is 27.7 Å². The standard InChI is InChI=1S/C48H65O3P/c1-6-7-8-9-10-11-12-13-14-15-16-17-18-19-20-27-40-49-52(50-45-36-32-43(33-37-45)47(2,3)41-28-23-21-24-29-41)51-46-38-34-44(35-39-46)48(4,5)42-30-25-22-26-31-42/h13-14,21-26,28-39H,6-12,15-20,27,40H2,1-5H3/b14-13+. The fraction of sp³-hybridized carbons (Fsp3) is 0.458. The summed E-state index contributed by atoms with van der Waals surface area (Å²) in [7, 11) is -1.63. The van der Waals surface area contributed by atoms with Crippen LogP contribution < -0.4 is 9.05 Å². The highest BCUT2D eigenvalue weighted by Gasteiger charge is 2.25. The van der Waals surface area contributed by atoms with Crippen LogP contribution in [0.25, 0.3) is 0 Å². The number of rotatable bonds is 25. The molecule has 0 aliphatic heterocycles. The van der Waals surface area contributed by atoms with Gasteiger partial charge in [0.25, 0.3) is 0 Å². The van der Waals surface area contributed by atoms with Crippen molar-refractivity contribution in [1.82, 2.24) is 0 Å². The normalized spacial score (nSPS) is 12.1. The van der Waals surface area contributed by atoms with Crippen LogP contribution in [0, 0.1) is 0 Å². The molecule has 0 fully saturated rings. The first-order valence-electron chi connectivity index (χ1n) is 20.1. The summed E-state index contributed by atoms with van der Waals surface area (Å²) >= 11 is 0. The summed E-state index contributed by atoms with van der Waals surface area (Å²) in [5.74, 6) is 1.50. The molecule has 0 saturated carbocycles. The van der Waals surface area contributed by atoms with Crippen LogP contribution in [0.5, 0.6) is 11.5 Å². The monoisotopic (exact) mass is 720 g/mol. The van der Waals surface area contributed by atoms with Gasteiger partial charge >= 0.3 is 8.60 Å². The van der Waals surface area contributed by atoms with Crippen LogP contribution in [-0.4, -0.2) is 6.61 Å². The SMILES string of the molecule is CCCCCCCC/C=C/CCCCCCCCOP(Oc1ccc(C(C)(C)c2ccccc2)cc1)Oc1ccc(C(C)(C)c2ccccc2)cc1. The molecule has 0 spiro atoms. The van der Waals surface area contributed by atoms with E-state index in [4.69, 9.17) is 13.6 Å². The lowest BCUT2D eigenvalue weighted by Crippen LogP contribution is -2.18. The lowest BCUT2D eigenvalue weighted by Gasteiger charge is -2.27. The molecule has 0 aliphatic carbocycles. The molecule has 0 amide bonds. The Hall–Kier alpha value is -3.39. The third kappa shape index (κ3) is 13.9. The minimum atomic E-state index is -1.63. The van der Waals surface area contributed by atoms with E-state index in [1.54, 1.807) is 0 Å². The van der Waals surface area contributed by atoms with Gasteiger partial charge in [0, 0.05) is 10.8 Å². The molecule has 0 heterocycles. The van der Waals surface area contributed by atoms with Gasteiger partial charge in [0.2, 0.25) is 0 Å². The smallest absolute Gasteiger partial charge is 0.418 e. The molecule has 0 saturated heterocycles. The van der Waals surface area contributed by atoms with Crippen LogP contribution in [0.15, 0.2) is 121 Å². The van der Waals surface area contributed by atoms with Crippen LogP contribution in [-0.2, 0) is 15.4 Å². The van der Waals surface area contributed by atoms with Gasteiger partial charge in [0.1, 0.15) is 11.5 Å². The van der Waals surface area contributed by atoms with Gasteiger partial charge in [0.05, 0.1) is 6.61 Å². The van der Waals surface area contributed by atoms with Gasteiger partial charge in [-0.25, -0.2) is 0 Å². The van der Waals surface area contributed by atoms with Gasteiger partial charge in [-0.2, -0.15) is 0 Å². The Morgan fingerprint density at radius 1 is 0.442 bits per heavy atom. The quantitative estimate of drug-likeness (QED) is 0.0388. The molecule has 0 atom stereocenters. The minimum absolute atomic E-state index is 0.114. The summed E-state index contributed by atoms with van der Waals surface area (Å²) in [6.45, 7) is 11.9. The molecule has 4 aromatic rings. The molecule has 0 N–H and O–H groups in total. The molecular weight excluding hydrogens is 655 g/mol. The van der Waals surface area contributed by atoms with Gasteiger partial charge in [-0.05, 0) is 78.6 Å². The highest BCUT2D eigenvalue weighted by Crippen LogP contribution is 2.43.